The molecule has 0 aromatic heterocycles. The molecule has 3 aromatic rings. The number of carbonyl (C=O) groups excluding carboxylic acids is 1. The van der Waals surface area contributed by atoms with Gasteiger partial charge < -0.3 is 5.32 Å². The molecule has 4 heteroatoms. The topological polar surface area (TPSA) is 29.1 Å². The summed E-state index contributed by atoms with van der Waals surface area (Å²) in [6.07, 6.45) is 0. The molecular formula is C23H22ClNOS. The molecule has 0 aliphatic heterocycles. The number of rotatable bonds is 6. The summed E-state index contributed by atoms with van der Waals surface area (Å²) >= 11 is 7.66. The second kappa shape index (κ2) is 9.12. The molecule has 3 aromatic carbocycles. The van der Waals surface area contributed by atoms with E-state index < -0.39 is 0 Å². The van der Waals surface area contributed by atoms with Crippen LogP contribution < -0.4 is 5.32 Å². The minimum absolute atomic E-state index is 0.0294. The van der Waals surface area contributed by atoms with Crippen LogP contribution in [0, 0.1) is 6.92 Å². The highest BCUT2D eigenvalue weighted by molar-refractivity contribution is 7.98. The number of thioether (sulfide) groups is 1. The number of carbonyl (C=O) groups is 1. The summed E-state index contributed by atoms with van der Waals surface area (Å²) in [7, 11) is 0. The summed E-state index contributed by atoms with van der Waals surface area (Å²) in [6.45, 7) is 4.06. The van der Waals surface area contributed by atoms with Gasteiger partial charge in [0.1, 0.15) is 0 Å². The van der Waals surface area contributed by atoms with Crippen LogP contribution in [0.15, 0.2) is 77.7 Å². The number of halogens is 1. The highest BCUT2D eigenvalue weighted by Crippen LogP contribution is 2.24. The molecule has 138 valence electrons. The van der Waals surface area contributed by atoms with Gasteiger partial charge >= 0.3 is 0 Å². The predicted molar refractivity (Wildman–Crippen MR) is 115 cm³/mol. The lowest BCUT2D eigenvalue weighted by molar-refractivity contribution is 0.0940. The maximum Gasteiger partial charge on any atom is 0.251 e. The fourth-order valence-electron chi connectivity index (χ4n) is 2.67. The molecule has 0 bridgehead atoms. The standard InChI is InChI=1S/C23H22ClNOS/c1-16-3-7-19(8-4-16)17(2)25-23(26)20-9-5-18(6-10-20)15-27-22-13-11-21(24)12-14-22/h3-14,17H,15H2,1-2H3,(H,25,26)/t17-/m1/s1. The molecular weight excluding hydrogens is 374 g/mol. The fourth-order valence-corrected chi connectivity index (χ4v) is 3.65. The second-order valence-corrected chi connectivity index (χ2v) is 8.03. The number of aryl methyl sites for hydroxylation is 1. The van der Waals surface area contributed by atoms with Gasteiger partial charge in [-0.1, -0.05) is 53.6 Å². The van der Waals surface area contributed by atoms with Crippen LogP contribution in [-0.4, -0.2) is 5.91 Å². The van der Waals surface area contributed by atoms with Gasteiger partial charge in [-0.2, -0.15) is 0 Å². The van der Waals surface area contributed by atoms with E-state index in [-0.39, 0.29) is 11.9 Å². The lowest BCUT2D eigenvalue weighted by Crippen LogP contribution is -2.26. The lowest BCUT2D eigenvalue weighted by Gasteiger charge is -2.15. The first-order valence-corrected chi connectivity index (χ1v) is 10.2. The minimum Gasteiger partial charge on any atom is -0.346 e. The Morgan fingerprint density at radius 1 is 0.963 bits per heavy atom. The van der Waals surface area contributed by atoms with E-state index in [1.54, 1.807) is 11.8 Å². The van der Waals surface area contributed by atoms with E-state index in [0.717, 1.165) is 16.3 Å². The van der Waals surface area contributed by atoms with Gasteiger partial charge in [-0.15, -0.1) is 11.8 Å². The number of benzene rings is 3. The third-order valence-corrected chi connectivity index (χ3v) is 5.70. The Bertz CT molecular complexity index is 889. The summed E-state index contributed by atoms with van der Waals surface area (Å²) in [4.78, 5) is 13.7. The Hall–Kier alpha value is -2.23. The monoisotopic (exact) mass is 395 g/mol. The molecule has 27 heavy (non-hydrogen) atoms. The number of nitrogens with one attached hydrogen (secondary N) is 1. The van der Waals surface area contributed by atoms with E-state index in [0.29, 0.717) is 5.56 Å². The van der Waals surface area contributed by atoms with E-state index in [1.807, 2.05) is 55.5 Å². The van der Waals surface area contributed by atoms with Crippen LogP contribution in [0.2, 0.25) is 5.02 Å². The zero-order valence-electron chi connectivity index (χ0n) is 15.4. The first-order valence-electron chi connectivity index (χ1n) is 8.86. The molecule has 3 rings (SSSR count). The van der Waals surface area contributed by atoms with Gasteiger partial charge in [-0.05, 0) is 61.4 Å². The van der Waals surface area contributed by atoms with Gasteiger partial charge in [0, 0.05) is 21.2 Å². The van der Waals surface area contributed by atoms with Crippen LogP contribution >= 0.6 is 23.4 Å². The Kier molecular flexibility index (Phi) is 6.59. The Balaban J connectivity index is 1.56. The Morgan fingerprint density at radius 2 is 1.59 bits per heavy atom. The molecule has 0 spiro atoms. The van der Waals surface area contributed by atoms with E-state index in [2.05, 4.69) is 36.5 Å². The van der Waals surface area contributed by atoms with Gasteiger partial charge in [0.15, 0.2) is 0 Å². The van der Waals surface area contributed by atoms with Gasteiger partial charge in [-0.3, -0.25) is 4.79 Å². The molecule has 0 aliphatic rings. The van der Waals surface area contributed by atoms with Crippen LogP contribution in [0.3, 0.4) is 0 Å². The van der Waals surface area contributed by atoms with Gasteiger partial charge in [0.2, 0.25) is 0 Å². The third-order valence-electron chi connectivity index (χ3n) is 4.36. The van der Waals surface area contributed by atoms with Gasteiger partial charge in [0.05, 0.1) is 6.04 Å². The summed E-state index contributed by atoms with van der Waals surface area (Å²) in [5.41, 5.74) is 4.17. The maximum atomic E-state index is 12.5. The highest BCUT2D eigenvalue weighted by Gasteiger charge is 2.11. The summed E-state index contributed by atoms with van der Waals surface area (Å²) in [5, 5.41) is 3.80. The van der Waals surface area contributed by atoms with E-state index in [4.69, 9.17) is 11.6 Å². The van der Waals surface area contributed by atoms with Crippen molar-refractivity contribution in [3.05, 3.63) is 100 Å². The molecule has 0 fully saturated rings. The Labute approximate surface area is 170 Å². The molecule has 0 radical (unpaired) electrons. The van der Waals surface area contributed by atoms with Crippen molar-refractivity contribution in [2.24, 2.45) is 0 Å². The summed E-state index contributed by atoms with van der Waals surface area (Å²) < 4.78 is 0. The number of hydrogen-bond acceptors (Lipinski definition) is 2. The molecule has 0 saturated carbocycles. The summed E-state index contributed by atoms with van der Waals surface area (Å²) in [5.74, 6) is 0.795. The van der Waals surface area contributed by atoms with E-state index in [1.165, 1.54) is 16.0 Å². The lowest BCUT2D eigenvalue weighted by atomic mass is 10.1. The first kappa shape index (κ1) is 19.5. The average molecular weight is 396 g/mol. The molecule has 0 unspecified atom stereocenters. The summed E-state index contributed by atoms with van der Waals surface area (Å²) in [6, 6.07) is 23.8. The Morgan fingerprint density at radius 3 is 2.22 bits per heavy atom. The first-order chi connectivity index (χ1) is 13.0. The van der Waals surface area contributed by atoms with Crippen molar-refractivity contribution in [1.29, 1.82) is 0 Å². The van der Waals surface area contributed by atoms with Crippen LogP contribution in [0.25, 0.3) is 0 Å². The smallest absolute Gasteiger partial charge is 0.251 e. The SMILES string of the molecule is Cc1ccc([C@@H](C)NC(=O)c2ccc(CSc3ccc(Cl)cc3)cc2)cc1. The molecule has 1 atom stereocenters. The quantitative estimate of drug-likeness (QED) is 0.487. The van der Waals surface area contributed by atoms with Gasteiger partial charge in [0.25, 0.3) is 5.91 Å². The van der Waals surface area contributed by atoms with Crippen LogP contribution in [-0.2, 0) is 5.75 Å². The zero-order valence-corrected chi connectivity index (χ0v) is 17.0. The number of hydrogen-bond donors (Lipinski definition) is 1. The van der Waals surface area contributed by atoms with Crippen LogP contribution in [0.4, 0.5) is 0 Å². The molecule has 2 nitrogen and oxygen atoms in total. The molecule has 0 aliphatic carbocycles. The third kappa shape index (κ3) is 5.62. The molecule has 1 amide bonds. The van der Waals surface area contributed by atoms with Crippen molar-refractivity contribution in [2.75, 3.05) is 0 Å². The van der Waals surface area contributed by atoms with Crippen molar-refractivity contribution in [2.45, 2.75) is 30.5 Å². The maximum absolute atomic E-state index is 12.5. The highest BCUT2D eigenvalue weighted by atomic mass is 35.5. The second-order valence-electron chi connectivity index (χ2n) is 6.55. The molecule has 1 N–H and O–H groups in total. The van der Waals surface area contributed by atoms with Crippen molar-refractivity contribution in [1.82, 2.24) is 5.32 Å². The molecule has 0 saturated heterocycles. The zero-order chi connectivity index (χ0) is 19.2. The van der Waals surface area contributed by atoms with Crippen molar-refractivity contribution >= 4 is 29.3 Å². The van der Waals surface area contributed by atoms with Crippen molar-refractivity contribution in [3.8, 4) is 0 Å². The van der Waals surface area contributed by atoms with Crippen LogP contribution in [0.5, 0.6) is 0 Å². The van der Waals surface area contributed by atoms with E-state index in [9.17, 15) is 4.79 Å². The minimum atomic E-state index is -0.0556. The number of amides is 1. The predicted octanol–water partition coefficient (Wildman–Crippen LogP) is 6.43. The van der Waals surface area contributed by atoms with Gasteiger partial charge in [-0.25, -0.2) is 0 Å². The largest absolute Gasteiger partial charge is 0.346 e. The van der Waals surface area contributed by atoms with Crippen molar-refractivity contribution < 1.29 is 4.79 Å². The molecule has 0 heterocycles. The fraction of sp³-hybridized carbons (Fsp3) is 0.174. The van der Waals surface area contributed by atoms with E-state index >= 15 is 0 Å². The van der Waals surface area contributed by atoms with Crippen molar-refractivity contribution in [3.63, 3.8) is 0 Å². The normalized spacial score (nSPS) is 11.8. The average Bonchev–Trinajstić information content (AvgIpc) is 2.68. The van der Waals surface area contributed by atoms with Crippen LogP contribution in [0.1, 0.15) is 40.0 Å².